The average molecular weight is 463 g/mol. The van der Waals surface area contributed by atoms with Crippen LogP contribution in [0, 0.1) is 17.8 Å². The van der Waals surface area contributed by atoms with Gasteiger partial charge in [-0.25, -0.2) is 0 Å². The lowest BCUT2D eigenvalue weighted by molar-refractivity contribution is -0.122. The number of anilines is 1. The smallest absolute Gasteiger partial charge is 0.254 e. The first-order chi connectivity index (χ1) is 14.8. The number of rotatable bonds is 7. The number of thiophene rings is 1. The quantitative estimate of drug-likeness (QED) is 0.467. The number of fused-ring (bicyclic) bond motifs is 1. The van der Waals surface area contributed by atoms with E-state index < -0.39 is 0 Å². The van der Waals surface area contributed by atoms with Gasteiger partial charge in [0.25, 0.3) is 5.91 Å². The first-order valence-corrected chi connectivity index (χ1v) is 12.4. The van der Waals surface area contributed by atoms with Crippen molar-refractivity contribution in [1.82, 2.24) is 16.0 Å². The second-order valence-corrected chi connectivity index (χ2v) is 10.7. The second-order valence-electron chi connectivity index (χ2n) is 9.18. The minimum atomic E-state index is -0.144. The fraction of sp³-hybridized carbons (Fsp3) is 0.636. The molecule has 0 bridgehead atoms. The zero-order valence-corrected chi connectivity index (χ0v) is 19.6. The van der Waals surface area contributed by atoms with Gasteiger partial charge in [0.1, 0.15) is 5.00 Å². The van der Waals surface area contributed by atoms with Crippen LogP contribution in [0.2, 0.25) is 0 Å². The Morgan fingerprint density at radius 3 is 2.52 bits per heavy atom. The molecule has 31 heavy (non-hydrogen) atoms. The van der Waals surface area contributed by atoms with Gasteiger partial charge in [0.05, 0.1) is 5.56 Å². The summed E-state index contributed by atoms with van der Waals surface area (Å²) in [5.41, 5.74) is 1.60. The standard InChI is InChI=1S/C22H30N4O3S2/c1-11(2)18(27)26-22(30)24-14-7-8-16-15(9-14)17(20(29)23-10-12-3-4-12)21(31-16)25-19(28)13-5-6-13/h11-14H,3-10H2,1-2H3,(H,23,29)(H,25,28)(H2,24,26,27,30)/t14-/m0/s1. The first-order valence-electron chi connectivity index (χ1n) is 11.2. The highest BCUT2D eigenvalue weighted by molar-refractivity contribution is 7.80. The molecule has 4 rings (SSSR count). The predicted octanol–water partition coefficient (Wildman–Crippen LogP) is 2.74. The van der Waals surface area contributed by atoms with Crippen LogP contribution >= 0.6 is 23.6 Å². The van der Waals surface area contributed by atoms with E-state index in [0.29, 0.717) is 34.6 Å². The van der Waals surface area contributed by atoms with E-state index in [1.54, 1.807) is 0 Å². The van der Waals surface area contributed by atoms with Crippen molar-refractivity contribution in [2.75, 3.05) is 11.9 Å². The van der Waals surface area contributed by atoms with E-state index in [0.717, 1.165) is 36.1 Å². The first kappa shape index (κ1) is 22.2. The zero-order valence-electron chi connectivity index (χ0n) is 18.0. The van der Waals surface area contributed by atoms with E-state index in [-0.39, 0.29) is 35.6 Å². The van der Waals surface area contributed by atoms with E-state index >= 15 is 0 Å². The molecule has 2 fully saturated rings. The summed E-state index contributed by atoms with van der Waals surface area (Å²) in [6, 6.07) is 0.0315. The number of hydrogen-bond acceptors (Lipinski definition) is 5. The normalized spacial score (nSPS) is 20.0. The molecule has 168 valence electrons. The summed E-state index contributed by atoms with van der Waals surface area (Å²) in [6.45, 7) is 4.33. The number of carbonyl (C=O) groups excluding carboxylic acids is 3. The Bertz CT molecular complexity index is 903. The lowest BCUT2D eigenvalue weighted by Crippen LogP contribution is -2.47. The summed E-state index contributed by atoms with van der Waals surface area (Å²) in [6.07, 6.45) is 6.47. The van der Waals surface area contributed by atoms with Gasteiger partial charge in [0, 0.05) is 29.3 Å². The molecule has 1 aromatic heterocycles. The molecule has 0 unspecified atom stereocenters. The summed E-state index contributed by atoms with van der Waals surface area (Å²) in [5, 5.41) is 13.0. The van der Waals surface area contributed by atoms with Crippen LogP contribution in [0.3, 0.4) is 0 Å². The van der Waals surface area contributed by atoms with Gasteiger partial charge < -0.3 is 21.3 Å². The number of thiocarbonyl (C=S) groups is 1. The van der Waals surface area contributed by atoms with E-state index in [2.05, 4.69) is 21.3 Å². The zero-order chi connectivity index (χ0) is 22.1. The predicted molar refractivity (Wildman–Crippen MR) is 125 cm³/mol. The van der Waals surface area contributed by atoms with Crippen molar-refractivity contribution < 1.29 is 14.4 Å². The Balaban J connectivity index is 1.48. The molecule has 3 aliphatic rings. The molecular formula is C22H30N4O3S2. The molecule has 1 heterocycles. The topological polar surface area (TPSA) is 99.3 Å². The van der Waals surface area contributed by atoms with Crippen LogP contribution in [0.15, 0.2) is 0 Å². The number of hydrogen-bond donors (Lipinski definition) is 4. The summed E-state index contributed by atoms with van der Waals surface area (Å²) < 4.78 is 0. The fourth-order valence-corrected chi connectivity index (χ4v) is 5.23. The maximum Gasteiger partial charge on any atom is 0.254 e. The molecule has 1 atom stereocenters. The lowest BCUT2D eigenvalue weighted by Gasteiger charge is -2.25. The minimum Gasteiger partial charge on any atom is -0.359 e. The van der Waals surface area contributed by atoms with E-state index in [1.165, 1.54) is 24.2 Å². The number of carbonyl (C=O) groups is 3. The largest absolute Gasteiger partial charge is 0.359 e. The summed E-state index contributed by atoms with van der Waals surface area (Å²) in [7, 11) is 0. The van der Waals surface area contributed by atoms with Gasteiger partial charge in [-0.2, -0.15) is 0 Å². The molecule has 0 aromatic carbocycles. The van der Waals surface area contributed by atoms with Crippen molar-refractivity contribution >= 4 is 51.4 Å². The Labute approximate surface area is 192 Å². The highest BCUT2D eigenvalue weighted by atomic mass is 32.1. The van der Waals surface area contributed by atoms with Gasteiger partial charge in [-0.15, -0.1) is 11.3 Å². The van der Waals surface area contributed by atoms with Gasteiger partial charge >= 0.3 is 0 Å². The molecule has 0 radical (unpaired) electrons. The molecule has 2 saturated carbocycles. The second kappa shape index (κ2) is 9.24. The van der Waals surface area contributed by atoms with Crippen molar-refractivity contribution in [1.29, 1.82) is 0 Å². The van der Waals surface area contributed by atoms with Crippen LogP contribution in [0.1, 0.15) is 66.8 Å². The number of amides is 3. The van der Waals surface area contributed by atoms with Gasteiger partial charge in [-0.05, 0) is 68.6 Å². The highest BCUT2D eigenvalue weighted by Gasteiger charge is 2.34. The molecule has 9 heteroatoms. The van der Waals surface area contributed by atoms with Crippen molar-refractivity contribution in [3.05, 3.63) is 16.0 Å². The van der Waals surface area contributed by atoms with E-state index in [4.69, 9.17) is 12.2 Å². The molecule has 0 spiro atoms. The summed E-state index contributed by atoms with van der Waals surface area (Å²) in [5.74, 6) is 0.315. The molecule has 1 aromatic rings. The van der Waals surface area contributed by atoms with Gasteiger partial charge in [-0.1, -0.05) is 13.8 Å². The van der Waals surface area contributed by atoms with Gasteiger partial charge in [0.2, 0.25) is 11.8 Å². The van der Waals surface area contributed by atoms with Crippen LogP contribution in [0.25, 0.3) is 0 Å². The van der Waals surface area contributed by atoms with E-state index in [1.807, 2.05) is 13.8 Å². The van der Waals surface area contributed by atoms with Crippen molar-refractivity contribution in [2.45, 2.75) is 64.8 Å². The summed E-state index contributed by atoms with van der Waals surface area (Å²) >= 11 is 6.84. The fourth-order valence-electron chi connectivity index (χ4n) is 3.72. The molecule has 3 aliphatic carbocycles. The number of aryl methyl sites for hydroxylation is 1. The SMILES string of the molecule is CC(C)C(=O)NC(=S)N[C@H]1CCc2sc(NC(=O)C3CC3)c(C(=O)NCC3CC3)c2C1. The van der Waals surface area contributed by atoms with Crippen LogP contribution in [-0.4, -0.2) is 35.4 Å². The molecule has 0 saturated heterocycles. The third kappa shape index (κ3) is 5.63. The van der Waals surface area contributed by atoms with Crippen molar-refractivity contribution in [3.63, 3.8) is 0 Å². The molecule has 0 aliphatic heterocycles. The molecule has 3 amide bonds. The Morgan fingerprint density at radius 1 is 1.13 bits per heavy atom. The van der Waals surface area contributed by atoms with E-state index in [9.17, 15) is 14.4 Å². The Hall–Kier alpha value is -2.00. The van der Waals surface area contributed by atoms with Crippen LogP contribution in [-0.2, 0) is 22.4 Å². The number of nitrogens with one attached hydrogen (secondary N) is 4. The lowest BCUT2D eigenvalue weighted by atomic mass is 9.91. The van der Waals surface area contributed by atoms with Crippen molar-refractivity contribution in [3.8, 4) is 0 Å². The van der Waals surface area contributed by atoms with Crippen LogP contribution in [0.5, 0.6) is 0 Å². The Morgan fingerprint density at radius 2 is 1.87 bits per heavy atom. The maximum atomic E-state index is 13.1. The Kier molecular flexibility index (Phi) is 6.62. The molecule has 4 N–H and O–H groups in total. The highest BCUT2D eigenvalue weighted by Crippen LogP contribution is 2.40. The summed E-state index contributed by atoms with van der Waals surface area (Å²) in [4.78, 5) is 38.5. The van der Waals surface area contributed by atoms with Crippen LogP contribution in [0.4, 0.5) is 5.00 Å². The minimum absolute atomic E-state index is 0.0158. The van der Waals surface area contributed by atoms with Gasteiger partial charge in [0.15, 0.2) is 5.11 Å². The average Bonchev–Trinajstić information content (AvgIpc) is 3.62. The maximum absolute atomic E-state index is 13.1. The monoisotopic (exact) mass is 462 g/mol. The third-order valence-electron chi connectivity index (χ3n) is 6.02. The molecule has 7 nitrogen and oxygen atoms in total. The molecular weight excluding hydrogens is 432 g/mol. The third-order valence-corrected chi connectivity index (χ3v) is 7.44. The van der Waals surface area contributed by atoms with Gasteiger partial charge in [-0.3, -0.25) is 14.4 Å². The van der Waals surface area contributed by atoms with Crippen molar-refractivity contribution in [2.24, 2.45) is 17.8 Å². The van der Waals surface area contributed by atoms with Crippen LogP contribution < -0.4 is 21.3 Å².